The average molecular weight is 265 g/mol. The zero-order chi connectivity index (χ0) is 12.3. The van der Waals surface area contributed by atoms with Gasteiger partial charge in [-0.25, -0.2) is 0 Å². The van der Waals surface area contributed by atoms with Gasteiger partial charge in [0, 0.05) is 16.2 Å². The van der Waals surface area contributed by atoms with Gasteiger partial charge in [0.05, 0.1) is 11.8 Å². The summed E-state index contributed by atoms with van der Waals surface area (Å²) in [6, 6.07) is 8.41. The third kappa shape index (κ3) is 2.88. The van der Waals surface area contributed by atoms with Crippen LogP contribution in [0.1, 0.15) is 5.56 Å². The molecule has 0 N–H and O–H groups in total. The quantitative estimate of drug-likeness (QED) is 0.822. The molecule has 1 aromatic carbocycles. The highest BCUT2D eigenvalue weighted by Crippen LogP contribution is 2.29. The van der Waals surface area contributed by atoms with Gasteiger partial charge >= 0.3 is 0 Å². The first kappa shape index (κ1) is 11.7. The number of ether oxygens (including phenoxy) is 1. The SMILES string of the molecule is N#Cc1ccncc1Oc1cc(Cl)cc(Cl)c1. The number of pyridine rings is 1. The maximum atomic E-state index is 8.90. The Morgan fingerprint density at radius 1 is 1.18 bits per heavy atom. The number of nitrogens with zero attached hydrogens (tertiary/aromatic N) is 2. The minimum Gasteiger partial charge on any atom is -0.454 e. The van der Waals surface area contributed by atoms with E-state index in [1.165, 1.54) is 12.4 Å². The maximum Gasteiger partial charge on any atom is 0.163 e. The fourth-order valence-electron chi connectivity index (χ4n) is 1.27. The zero-order valence-electron chi connectivity index (χ0n) is 8.52. The first-order chi connectivity index (χ1) is 8.19. The van der Waals surface area contributed by atoms with Gasteiger partial charge in [0.15, 0.2) is 5.75 Å². The maximum absolute atomic E-state index is 8.90. The summed E-state index contributed by atoms with van der Waals surface area (Å²) < 4.78 is 5.51. The predicted octanol–water partition coefficient (Wildman–Crippen LogP) is 4.05. The summed E-state index contributed by atoms with van der Waals surface area (Å²) in [4.78, 5) is 3.89. The minimum absolute atomic E-state index is 0.369. The second-order valence-electron chi connectivity index (χ2n) is 3.19. The van der Waals surface area contributed by atoms with Gasteiger partial charge in [-0.1, -0.05) is 23.2 Å². The zero-order valence-corrected chi connectivity index (χ0v) is 10.0. The van der Waals surface area contributed by atoms with Crippen molar-refractivity contribution in [3.8, 4) is 17.6 Å². The molecule has 0 bridgehead atoms. The van der Waals surface area contributed by atoms with Crippen LogP contribution in [0.2, 0.25) is 10.0 Å². The Morgan fingerprint density at radius 3 is 2.53 bits per heavy atom. The lowest BCUT2D eigenvalue weighted by Gasteiger charge is -2.07. The largest absolute Gasteiger partial charge is 0.454 e. The number of benzene rings is 1. The molecule has 0 spiro atoms. The molecule has 2 aromatic rings. The number of hydrogen-bond donors (Lipinski definition) is 0. The highest BCUT2D eigenvalue weighted by molar-refractivity contribution is 6.34. The Bertz CT molecular complexity index is 573. The first-order valence-corrected chi connectivity index (χ1v) is 5.42. The van der Waals surface area contributed by atoms with Crippen molar-refractivity contribution in [1.82, 2.24) is 4.98 Å². The second-order valence-corrected chi connectivity index (χ2v) is 4.06. The van der Waals surface area contributed by atoms with Crippen LogP contribution in [0.15, 0.2) is 36.7 Å². The summed E-state index contributed by atoms with van der Waals surface area (Å²) in [5, 5.41) is 9.83. The molecule has 0 aliphatic heterocycles. The molecule has 1 aromatic heterocycles. The smallest absolute Gasteiger partial charge is 0.163 e. The molecule has 5 heteroatoms. The van der Waals surface area contributed by atoms with Crippen LogP contribution in [-0.2, 0) is 0 Å². The molecular weight excluding hydrogens is 259 g/mol. The van der Waals surface area contributed by atoms with Crippen LogP contribution in [0, 0.1) is 11.3 Å². The van der Waals surface area contributed by atoms with Crippen molar-refractivity contribution in [2.75, 3.05) is 0 Å². The number of halogens is 2. The fourth-order valence-corrected chi connectivity index (χ4v) is 1.77. The van der Waals surface area contributed by atoms with Crippen LogP contribution in [0.25, 0.3) is 0 Å². The van der Waals surface area contributed by atoms with Crippen LogP contribution in [-0.4, -0.2) is 4.98 Å². The molecule has 0 saturated carbocycles. The molecule has 84 valence electrons. The molecule has 3 nitrogen and oxygen atoms in total. The van der Waals surface area contributed by atoms with Gasteiger partial charge in [-0.15, -0.1) is 0 Å². The summed E-state index contributed by atoms with van der Waals surface area (Å²) in [6.45, 7) is 0. The standard InChI is InChI=1S/C12H6Cl2N2O/c13-9-3-10(14)5-11(4-9)17-12-7-16-2-1-8(12)6-15/h1-5,7H. The van der Waals surface area contributed by atoms with Crippen LogP contribution in [0.4, 0.5) is 0 Å². The molecule has 0 aliphatic rings. The molecule has 0 saturated heterocycles. The van der Waals surface area contributed by atoms with Gasteiger partial charge in [-0.3, -0.25) is 4.98 Å². The van der Waals surface area contributed by atoms with Gasteiger partial charge in [-0.05, 0) is 24.3 Å². The van der Waals surface area contributed by atoms with Crippen molar-refractivity contribution in [3.05, 3.63) is 52.3 Å². The van der Waals surface area contributed by atoms with E-state index in [1.54, 1.807) is 24.3 Å². The summed E-state index contributed by atoms with van der Waals surface area (Å²) in [5.74, 6) is 0.834. The molecular formula is C12H6Cl2N2O. The van der Waals surface area contributed by atoms with E-state index >= 15 is 0 Å². The monoisotopic (exact) mass is 264 g/mol. The first-order valence-electron chi connectivity index (χ1n) is 4.67. The van der Waals surface area contributed by atoms with Crippen molar-refractivity contribution >= 4 is 23.2 Å². The Morgan fingerprint density at radius 2 is 1.88 bits per heavy atom. The van der Waals surface area contributed by atoms with E-state index in [1.807, 2.05) is 6.07 Å². The normalized spacial score (nSPS) is 9.71. The molecule has 0 aliphatic carbocycles. The third-order valence-corrected chi connectivity index (χ3v) is 2.41. The topological polar surface area (TPSA) is 45.9 Å². The second kappa shape index (κ2) is 5.05. The van der Waals surface area contributed by atoms with Gasteiger partial charge in [0.1, 0.15) is 11.8 Å². The number of rotatable bonds is 2. The van der Waals surface area contributed by atoms with E-state index in [-0.39, 0.29) is 0 Å². The van der Waals surface area contributed by atoms with Crippen LogP contribution in [0.5, 0.6) is 11.5 Å². The van der Waals surface area contributed by atoms with Crippen molar-refractivity contribution in [1.29, 1.82) is 5.26 Å². The van der Waals surface area contributed by atoms with Gasteiger partial charge in [0.25, 0.3) is 0 Å². The average Bonchev–Trinajstić information content (AvgIpc) is 2.28. The third-order valence-electron chi connectivity index (χ3n) is 1.97. The molecule has 0 unspecified atom stereocenters. The summed E-state index contributed by atoms with van der Waals surface area (Å²) in [7, 11) is 0. The summed E-state index contributed by atoms with van der Waals surface area (Å²) in [6.07, 6.45) is 2.99. The lowest BCUT2D eigenvalue weighted by molar-refractivity contribution is 0.479. The van der Waals surface area contributed by atoms with E-state index < -0.39 is 0 Å². The van der Waals surface area contributed by atoms with E-state index in [2.05, 4.69) is 4.98 Å². The van der Waals surface area contributed by atoms with Crippen molar-refractivity contribution < 1.29 is 4.74 Å². The van der Waals surface area contributed by atoms with E-state index in [0.29, 0.717) is 27.1 Å². The highest BCUT2D eigenvalue weighted by Gasteiger charge is 2.05. The Balaban J connectivity index is 2.35. The van der Waals surface area contributed by atoms with Gasteiger partial charge < -0.3 is 4.74 Å². The number of nitriles is 1. The fraction of sp³-hybridized carbons (Fsp3) is 0. The van der Waals surface area contributed by atoms with Crippen molar-refractivity contribution in [2.24, 2.45) is 0 Å². The summed E-state index contributed by atoms with van der Waals surface area (Å²) >= 11 is 11.7. The highest BCUT2D eigenvalue weighted by atomic mass is 35.5. The van der Waals surface area contributed by atoms with Crippen molar-refractivity contribution in [3.63, 3.8) is 0 Å². The van der Waals surface area contributed by atoms with Crippen LogP contribution in [0.3, 0.4) is 0 Å². The molecule has 17 heavy (non-hydrogen) atoms. The van der Waals surface area contributed by atoms with Crippen molar-refractivity contribution in [2.45, 2.75) is 0 Å². The lowest BCUT2D eigenvalue weighted by Crippen LogP contribution is -1.89. The Hall–Kier alpha value is -1.76. The van der Waals surface area contributed by atoms with Gasteiger partial charge in [0.2, 0.25) is 0 Å². The van der Waals surface area contributed by atoms with E-state index in [9.17, 15) is 0 Å². The van der Waals surface area contributed by atoms with E-state index in [0.717, 1.165) is 0 Å². The van der Waals surface area contributed by atoms with Gasteiger partial charge in [-0.2, -0.15) is 5.26 Å². The molecule has 0 amide bonds. The number of aromatic nitrogens is 1. The van der Waals surface area contributed by atoms with Crippen LogP contribution >= 0.6 is 23.2 Å². The minimum atomic E-state index is 0.369. The van der Waals surface area contributed by atoms with Crippen LogP contribution < -0.4 is 4.74 Å². The molecule has 0 fully saturated rings. The lowest BCUT2D eigenvalue weighted by atomic mass is 10.2. The number of hydrogen-bond acceptors (Lipinski definition) is 3. The molecule has 2 rings (SSSR count). The Labute approximate surface area is 108 Å². The predicted molar refractivity (Wildman–Crippen MR) is 65.5 cm³/mol. The summed E-state index contributed by atoms with van der Waals surface area (Å²) in [5.41, 5.74) is 0.399. The Kier molecular flexibility index (Phi) is 3.48. The molecule has 0 radical (unpaired) electrons. The van der Waals surface area contributed by atoms with E-state index in [4.69, 9.17) is 33.2 Å². The molecule has 1 heterocycles. The molecule has 0 atom stereocenters.